The minimum absolute atomic E-state index is 0.153. The summed E-state index contributed by atoms with van der Waals surface area (Å²) in [6.45, 7) is 4.86. The molecular weight excluding hydrogens is 202 g/mol. The number of nitriles is 1. The topological polar surface area (TPSA) is 65.8 Å². The number of hydrogen-bond donors (Lipinski definition) is 1. The Kier molecular flexibility index (Phi) is 4.46. The third-order valence-corrected chi connectivity index (χ3v) is 2.14. The normalized spacial score (nSPS) is 9.88. The first-order valence-electron chi connectivity index (χ1n) is 5.28. The van der Waals surface area contributed by atoms with E-state index in [1.807, 2.05) is 6.07 Å². The third kappa shape index (κ3) is 3.70. The molecule has 0 atom stereocenters. The molecule has 1 heterocycles. The van der Waals surface area contributed by atoms with E-state index >= 15 is 0 Å². The highest BCUT2D eigenvalue weighted by atomic mass is 16.1. The molecule has 0 unspecified atom stereocenters. The van der Waals surface area contributed by atoms with E-state index in [-0.39, 0.29) is 11.6 Å². The molecule has 4 nitrogen and oxygen atoms in total. The lowest BCUT2D eigenvalue weighted by molar-refractivity contribution is 0.0952. The molecule has 1 amide bonds. The highest BCUT2D eigenvalue weighted by Gasteiger charge is 2.06. The van der Waals surface area contributed by atoms with E-state index in [9.17, 15) is 4.79 Å². The number of aromatic nitrogens is 1. The summed E-state index contributed by atoms with van der Waals surface area (Å²) in [7, 11) is 0. The second kappa shape index (κ2) is 5.86. The van der Waals surface area contributed by atoms with Crippen LogP contribution in [-0.2, 0) is 0 Å². The van der Waals surface area contributed by atoms with E-state index in [1.165, 1.54) is 12.3 Å². The number of nitrogens with one attached hydrogen (secondary N) is 1. The van der Waals surface area contributed by atoms with Crippen LogP contribution < -0.4 is 5.32 Å². The molecule has 0 saturated carbocycles. The monoisotopic (exact) mass is 217 g/mol. The van der Waals surface area contributed by atoms with Gasteiger partial charge in [0.2, 0.25) is 0 Å². The largest absolute Gasteiger partial charge is 0.352 e. The molecule has 1 N–H and O–H groups in total. The van der Waals surface area contributed by atoms with E-state index < -0.39 is 0 Å². The summed E-state index contributed by atoms with van der Waals surface area (Å²) >= 11 is 0. The zero-order valence-electron chi connectivity index (χ0n) is 9.53. The maximum absolute atomic E-state index is 11.6. The van der Waals surface area contributed by atoms with Gasteiger partial charge in [0.15, 0.2) is 0 Å². The fourth-order valence-corrected chi connectivity index (χ4v) is 1.21. The number of rotatable bonds is 4. The predicted molar refractivity (Wildman–Crippen MR) is 60.7 cm³/mol. The third-order valence-electron chi connectivity index (χ3n) is 2.14. The van der Waals surface area contributed by atoms with Crippen molar-refractivity contribution in [3.05, 3.63) is 29.6 Å². The Hall–Kier alpha value is -1.89. The van der Waals surface area contributed by atoms with Crippen LogP contribution in [0, 0.1) is 17.2 Å². The Balaban J connectivity index is 2.56. The molecule has 0 radical (unpaired) electrons. The lowest BCUT2D eigenvalue weighted by Crippen LogP contribution is -2.25. The second-order valence-corrected chi connectivity index (χ2v) is 3.98. The van der Waals surface area contributed by atoms with Gasteiger partial charge in [0, 0.05) is 18.3 Å². The Labute approximate surface area is 95.3 Å². The molecule has 0 aliphatic heterocycles. The fourth-order valence-electron chi connectivity index (χ4n) is 1.21. The van der Waals surface area contributed by atoms with Crippen molar-refractivity contribution in [1.29, 1.82) is 5.26 Å². The zero-order chi connectivity index (χ0) is 12.0. The molecule has 4 heteroatoms. The van der Waals surface area contributed by atoms with E-state index in [0.717, 1.165) is 6.42 Å². The highest BCUT2D eigenvalue weighted by Crippen LogP contribution is 2.02. The van der Waals surface area contributed by atoms with E-state index in [4.69, 9.17) is 5.26 Å². The smallest absolute Gasteiger partial charge is 0.251 e. The van der Waals surface area contributed by atoms with E-state index in [2.05, 4.69) is 24.1 Å². The maximum Gasteiger partial charge on any atom is 0.251 e. The first-order chi connectivity index (χ1) is 7.63. The summed E-state index contributed by atoms with van der Waals surface area (Å²) in [6.07, 6.45) is 2.41. The van der Waals surface area contributed by atoms with Gasteiger partial charge in [-0.15, -0.1) is 0 Å². The number of carbonyl (C=O) groups excluding carboxylic acids is 1. The maximum atomic E-state index is 11.6. The van der Waals surface area contributed by atoms with Crippen molar-refractivity contribution in [2.75, 3.05) is 6.54 Å². The number of carbonyl (C=O) groups is 1. The van der Waals surface area contributed by atoms with Crippen molar-refractivity contribution in [1.82, 2.24) is 10.3 Å². The van der Waals surface area contributed by atoms with Gasteiger partial charge in [0.1, 0.15) is 11.8 Å². The standard InChI is InChI=1S/C12H15N3O/c1-9(2)3-5-15-12(16)10-4-6-14-11(7-10)8-13/h4,6-7,9H,3,5H2,1-2H3,(H,15,16). The minimum Gasteiger partial charge on any atom is -0.352 e. The Morgan fingerprint density at radius 2 is 2.38 bits per heavy atom. The number of amides is 1. The van der Waals surface area contributed by atoms with Crippen molar-refractivity contribution in [3.8, 4) is 6.07 Å². The molecule has 0 aromatic carbocycles. The molecule has 16 heavy (non-hydrogen) atoms. The first kappa shape index (κ1) is 12.2. The molecule has 0 bridgehead atoms. The summed E-state index contributed by atoms with van der Waals surface area (Å²) in [5.74, 6) is 0.409. The fraction of sp³-hybridized carbons (Fsp3) is 0.417. The molecular formula is C12H15N3O. The average molecular weight is 217 g/mol. The summed E-state index contributed by atoms with van der Waals surface area (Å²) < 4.78 is 0. The lowest BCUT2D eigenvalue weighted by Gasteiger charge is -2.06. The van der Waals surface area contributed by atoms with Gasteiger partial charge in [0.05, 0.1) is 0 Å². The number of nitrogens with zero attached hydrogens (tertiary/aromatic N) is 2. The first-order valence-corrected chi connectivity index (χ1v) is 5.28. The van der Waals surface area contributed by atoms with Crippen LogP contribution >= 0.6 is 0 Å². The molecule has 1 aromatic heterocycles. The summed E-state index contributed by atoms with van der Waals surface area (Å²) in [6, 6.07) is 5.00. The molecule has 0 aliphatic carbocycles. The van der Waals surface area contributed by atoms with Crippen LogP contribution in [0.5, 0.6) is 0 Å². The second-order valence-electron chi connectivity index (χ2n) is 3.98. The van der Waals surface area contributed by atoms with Gasteiger partial charge in [-0.1, -0.05) is 13.8 Å². The molecule has 0 fully saturated rings. The van der Waals surface area contributed by atoms with E-state index in [0.29, 0.717) is 18.0 Å². The molecule has 1 rings (SSSR count). The van der Waals surface area contributed by atoms with Gasteiger partial charge in [-0.3, -0.25) is 4.79 Å². The zero-order valence-corrected chi connectivity index (χ0v) is 9.53. The van der Waals surface area contributed by atoms with Crippen LogP contribution in [0.4, 0.5) is 0 Å². The highest BCUT2D eigenvalue weighted by molar-refractivity contribution is 5.94. The average Bonchev–Trinajstić information content (AvgIpc) is 2.28. The number of hydrogen-bond acceptors (Lipinski definition) is 3. The van der Waals surface area contributed by atoms with Gasteiger partial charge in [0.25, 0.3) is 5.91 Å². The van der Waals surface area contributed by atoms with Crippen LogP contribution in [0.15, 0.2) is 18.3 Å². The van der Waals surface area contributed by atoms with Gasteiger partial charge in [-0.2, -0.15) is 5.26 Å². The van der Waals surface area contributed by atoms with Crippen LogP contribution in [0.2, 0.25) is 0 Å². The Morgan fingerprint density at radius 3 is 3.00 bits per heavy atom. The van der Waals surface area contributed by atoms with Crippen molar-refractivity contribution in [2.45, 2.75) is 20.3 Å². The Bertz CT molecular complexity index is 407. The van der Waals surface area contributed by atoms with E-state index in [1.54, 1.807) is 6.07 Å². The van der Waals surface area contributed by atoms with Gasteiger partial charge >= 0.3 is 0 Å². The molecule has 1 aromatic rings. The van der Waals surface area contributed by atoms with Crippen molar-refractivity contribution >= 4 is 5.91 Å². The van der Waals surface area contributed by atoms with Crippen molar-refractivity contribution < 1.29 is 4.79 Å². The summed E-state index contributed by atoms with van der Waals surface area (Å²) in [5, 5.41) is 11.5. The molecule has 0 saturated heterocycles. The Morgan fingerprint density at radius 1 is 1.62 bits per heavy atom. The van der Waals surface area contributed by atoms with Crippen molar-refractivity contribution in [2.24, 2.45) is 5.92 Å². The predicted octanol–water partition coefficient (Wildman–Crippen LogP) is 1.73. The van der Waals surface area contributed by atoms with Gasteiger partial charge in [-0.05, 0) is 24.5 Å². The quantitative estimate of drug-likeness (QED) is 0.835. The van der Waals surface area contributed by atoms with Crippen LogP contribution in [0.1, 0.15) is 36.3 Å². The summed E-state index contributed by atoms with van der Waals surface area (Å²) in [5.41, 5.74) is 0.742. The van der Waals surface area contributed by atoms with Crippen molar-refractivity contribution in [3.63, 3.8) is 0 Å². The van der Waals surface area contributed by atoms with Gasteiger partial charge < -0.3 is 5.32 Å². The number of pyridine rings is 1. The van der Waals surface area contributed by atoms with Crippen LogP contribution in [-0.4, -0.2) is 17.4 Å². The minimum atomic E-state index is -0.153. The molecule has 0 spiro atoms. The SMILES string of the molecule is CC(C)CCNC(=O)c1ccnc(C#N)c1. The van der Waals surface area contributed by atoms with Crippen LogP contribution in [0.25, 0.3) is 0 Å². The van der Waals surface area contributed by atoms with Crippen LogP contribution in [0.3, 0.4) is 0 Å². The van der Waals surface area contributed by atoms with Gasteiger partial charge in [-0.25, -0.2) is 4.98 Å². The molecule has 84 valence electrons. The summed E-state index contributed by atoms with van der Waals surface area (Å²) in [4.78, 5) is 15.5. The lowest BCUT2D eigenvalue weighted by atomic mass is 10.1. The molecule has 0 aliphatic rings.